The second kappa shape index (κ2) is 5.95. The predicted molar refractivity (Wildman–Crippen MR) is 66.2 cm³/mol. The number of carbonyl (C=O) groups excluding carboxylic acids is 1. The number of hydrogen-bond donors (Lipinski definition) is 2. The van der Waals surface area contributed by atoms with Gasteiger partial charge in [-0.2, -0.15) is 0 Å². The highest BCUT2D eigenvalue weighted by molar-refractivity contribution is 5.91. The third-order valence-electron chi connectivity index (χ3n) is 3.31. The zero-order valence-electron chi connectivity index (χ0n) is 10.7. The Morgan fingerprint density at radius 3 is 3.06 bits per heavy atom. The molecule has 1 amide bonds. The molecule has 2 rings (SSSR count). The van der Waals surface area contributed by atoms with Gasteiger partial charge in [0.05, 0.1) is 18.3 Å². The molecule has 0 aromatic carbocycles. The molecule has 1 aliphatic rings. The van der Waals surface area contributed by atoms with Gasteiger partial charge in [0, 0.05) is 6.54 Å². The van der Waals surface area contributed by atoms with Gasteiger partial charge < -0.3 is 10.4 Å². The predicted octanol–water partition coefficient (Wildman–Crippen LogP) is 0.894. The Balaban J connectivity index is 2.02. The van der Waals surface area contributed by atoms with Gasteiger partial charge in [-0.05, 0) is 19.3 Å². The van der Waals surface area contributed by atoms with Crippen molar-refractivity contribution in [2.45, 2.75) is 51.2 Å². The molecule has 1 heterocycles. The van der Waals surface area contributed by atoms with Gasteiger partial charge in [-0.1, -0.05) is 25.0 Å². The molecule has 0 spiro atoms. The molecule has 1 saturated carbocycles. The summed E-state index contributed by atoms with van der Waals surface area (Å²) < 4.78 is 1.63. The molecule has 0 bridgehead atoms. The average Bonchev–Trinajstić information content (AvgIpc) is 2.86. The van der Waals surface area contributed by atoms with Crippen molar-refractivity contribution in [3.05, 3.63) is 11.9 Å². The fourth-order valence-corrected chi connectivity index (χ4v) is 2.27. The summed E-state index contributed by atoms with van der Waals surface area (Å²) >= 11 is 0. The minimum absolute atomic E-state index is 0.0426. The summed E-state index contributed by atoms with van der Waals surface area (Å²) in [6.45, 7) is 2.63. The van der Waals surface area contributed by atoms with Gasteiger partial charge in [-0.3, -0.25) is 4.79 Å². The van der Waals surface area contributed by atoms with Crippen LogP contribution in [0.4, 0.5) is 0 Å². The van der Waals surface area contributed by atoms with Crippen LogP contribution in [0, 0.1) is 0 Å². The number of nitrogens with one attached hydrogen (secondary N) is 1. The van der Waals surface area contributed by atoms with E-state index in [0.717, 1.165) is 32.1 Å². The van der Waals surface area contributed by atoms with E-state index in [-0.39, 0.29) is 18.1 Å². The lowest BCUT2D eigenvalue weighted by Crippen LogP contribution is -2.28. The molecule has 1 aromatic heterocycles. The molecular weight excluding hydrogens is 232 g/mol. The summed E-state index contributed by atoms with van der Waals surface area (Å²) in [5, 5.41) is 20.5. The SMILES string of the molecule is CCCNC(=O)c1cn([C@H]2CCCC[C@H]2O)nn1. The Bertz CT molecular complexity index is 405. The van der Waals surface area contributed by atoms with E-state index in [4.69, 9.17) is 0 Å². The van der Waals surface area contributed by atoms with Gasteiger partial charge in [0.15, 0.2) is 5.69 Å². The van der Waals surface area contributed by atoms with Crippen LogP contribution in [0.2, 0.25) is 0 Å². The fraction of sp³-hybridized carbons (Fsp3) is 0.750. The molecule has 1 aromatic rings. The van der Waals surface area contributed by atoms with E-state index in [0.29, 0.717) is 12.2 Å². The zero-order chi connectivity index (χ0) is 13.0. The molecule has 0 radical (unpaired) electrons. The van der Waals surface area contributed by atoms with E-state index >= 15 is 0 Å². The third kappa shape index (κ3) is 2.87. The number of amides is 1. The van der Waals surface area contributed by atoms with Crippen molar-refractivity contribution in [2.24, 2.45) is 0 Å². The first-order valence-electron chi connectivity index (χ1n) is 6.60. The van der Waals surface area contributed by atoms with Crippen LogP contribution in [0.25, 0.3) is 0 Å². The van der Waals surface area contributed by atoms with Gasteiger partial charge in [-0.25, -0.2) is 4.68 Å². The summed E-state index contributed by atoms with van der Waals surface area (Å²) in [4.78, 5) is 11.7. The smallest absolute Gasteiger partial charge is 0.273 e. The van der Waals surface area contributed by atoms with E-state index in [2.05, 4.69) is 15.6 Å². The molecule has 100 valence electrons. The summed E-state index contributed by atoms with van der Waals surface area (Å²) in [5.41, 5.74) is 0.321. The molecule has 2 N–H and O–H groups in total. The first-order chi connectivity index (χ1) is 8.72. The lowest BCUT2D eigenvalue weighted by atomic mass is 9.93. The maximum absolute atomic E-state index is 11.7. The Labute approximate surface area is 106 Å². The molecule has 2 atom stereocenters. The molecule has 0 aliphatic heterocycles. The minimum atomic E-state index is -0.382. The molecule has 0 unspecified atom stereocenters. The van der Waals surface area contributed by atoms with Crippen LogP contribution in [0.3, 0.4) is 0 Å². The molecule has 18 heavy (non-hydrogen) atoms. The number of aromatic nitrogens is 3. The minimum Gasteiger partial charge on any atom is -0.391 e. The quantitative estimate of drug-likeness (QED) is 0.834. The van der Waals surface area contributed by atoms with Crippen molar-refractivity contribution < 1.29 is 9.90 Å². The zero-order valence-corrected chi connectivity index (χ0v) is 10.7. The average molecular weight is 252 g/mol. The standard InChI is InChI=1S/C12H20N4O2/c1-2-7-13-12(18)9-8-16(15-14-9)10-5-3-4-6-11(10)17/h8,10-11,17H,2-7H2,1H3,(H,13,18)/t10-,11+/m0/s1. The van der Waals surface area contributed by atoms with E-state index in [1.54, 1.807) is 10.9 Å². The molecule has 6 heteroatoms. The highest BCUT2D eigenvalue weighted by Gasteiger charge is 2.26. The summed E-state index contributed by atoms with van der Waals surface area (Å²) in [7, 11) is 0. The van der Waals surface area contributed by atoms with Crippen molar-refractivity contribution in [3.8, 4) is 0 Å². The van der Waals surface area contributed by atoms with Crippen LogP contribution >= 0.6 is 0 Å². The topological polar surface area (TPSA) is 80.0 Å². The number of hydrogen-bond acceptors (Lipinski definition) is 4. The summed E-state index contributed by atoms with van der Waals surface area (Å²) in [6, 6.07) is -0.0426. The molecule has 1 aliphatic carbocycles. The number of aliphatic hydroxyl groups is 1. The van der Waals surface area contributed by atoms with Crippen LogP contribution in [-0.4, -0.2) is 38.7 Å². The molecular formula is C12H20N4O2. The van der Waals surface area contributed by atoms with Crippen LogP contribution in [0.1, 0.15) is 55.6 Å². The Morgan fingerprint density at radius 2 is 2.33 bits per heavy atom. The lowest BCUT2D eigenvalue weighted by molar-refractivity contribution is 0.0684. The fourth-order valence-electron chi connectivity index (χ4n) is 2.27. The normalized spacial score (nSPS) is 23.9. The number of aliphatic hydroxyl groups excluding tert-OH is 1. The Hall–Kier alpha value is -1.43. The second-order valence-corrected chi connectivity index (χ2v) is 4.76. The van der Waals surface area contributed by atoms with Crippen LogP contribution in [0.15, 0.2) is 6.20 Å². The molecule has 1 fully saturated rings. The highest BCUT2D eigenvalue weighted by Crippen LogP contribution is 2.27. The number of nitrogens with zero attached hydrogens (tertiary/aromatic N) is 3. The van der Waals surface area contributed by atoms with Crippen molar-refractivity contribution in [1.29, 1.82) is 0 Å². The van der Waals surface area contributed by atoms with Crippen LogP contribution in [-0.2, 0) is 0 Å². The maximum Gasteiger partial charge on any atom is 0.273 e. The largest absolute Gasteiger partial charge is 0.391 e. The monoisotopic (exact) mass is 252 g/mol. The van der Waals surface area contributed by atoms with E-state index in [9.17, 15) is 9.90 Å². The third-order valence-corrected chi connectivity index (χ3v) is 3.31. The molecule has 6 nitrogen and oxygen atoms in total. The van der Waals surface area contributed by atoms with Gasteiger partial charge in [0.2, 0.25) is 0 Å². The first-order valence-corrected chi connectivity index (χ1v) is 6.60. The van der Waals surface area contributed by atoms with Crippen LogP contribution < -0.4 is 5.32 Å². The van der Waals surface area contributed by atoms with E-state index in [1.807, 2.05) is 6.92 Å². The van der Waals surface area contributed by atoms with E-state index < -0.39 is 0 Å². The van der Waals surface area contributed by atoms with Gasteiger partial charge in [-0.15, -0.1) is 5.10 Å². The van der Waals surface area contributed by atoms with E-state index in [1.165, 1.54) is 0 Å². The first kappa shape index (κ1) is 13.0. The summed E-state index contributed by atoms with van der Waals surface area (Å²) in [6.07, 6.45) is 5.95. The lowest BCUT2D eigenvalue weighted by Gasteiger charge is -2.27. The van der Waals surface area contributed by atoms with Crippen LogP contribution in [0.5, 0.6) is 0 Å². The molecule has 0 saturated heterocycles. The number of rotatable bonds is 4. The van der Waals surface area contributed by atoms with Crippen molar-refractivity contribution >= 4 is 5.91 Å². The van der Waals surface area contributed by atoms with Gasteiger partial charge in [0.1, 0.15) is 0 Å². The highest BCUT2D eigenvalue weighted by atomic mass is 16.3. The van der Waals surface area contributed by atoms with Crippen molar-refractivity contribution in [3.63, 3.8) is 0 Å². The summed E-state index contributed by atoms with van der Waals surface area (Å²) in [5.74, 6) is -0.201. The second-order valence-electron chi connectivity index (χ2n) is 4.76. The van der Waals surface area contributed by atoms with Crippen molar-refractivity contribution in [2.75, 3.05) is 6.54 Å². The number of carbonyl (C=O) groups is 1. The van der Waals surface area contributed by atoms with Gasteiger partial charge >= 0.3 is 0 Å². The van der Waals surface area contributed by atoms with Gasteiger partial charge in [0.25, 0.3) is 5.91 Å². The Kier molecular flexibility index (Phi) is 4.30. The maximum atomic E-state index is 11.7. The Morgan fingerprint density at radius 1 is 1.56 bits per heavy atom. The van der Waals surface area contributed by atoms with Crippen molar-refractivity contribution in [1.82, 2.24) is 20.3 Å².